The standard InChI is InChI=1S/C17H16Br2N2OS/c1-9(2)17-21-13(11-7-10(18)3-4-14(11)22-17)8-12(20-21)15-5-6-16(19)23-15/h3-7,9,13,17H,8H2,1-2H3/t13-,17-/m1/s1. The Labute approximate surface area is 156 Å². The normalized spacial score (nSPS) is 22.7. The third-order valence-corrected chi connectivity index (χ3v) is 6.38. The van der Waals surface area contributed by atoms with Gasteiger partial charge in [0.15, 0.2) is 6.23 Å². The third kappa shape index (κ3) is 2.75. The zero-order chi connectivity index (χ0) is 16.1. The summed E-state index contributed by atoms with van der Waals surface area (Å²) in [5.41, 5.74) is 2.36. The second-order valence-electron chi connectivity index (χ2n) is 6.18. The predicted molar refractivity (Wildman–Crippen MR) is 101 cm³/mol. The fourth-order valence-corrected chi connectivity index (χ4v) is 4.90. The molecule has 0 saturated carbocycles. The molecule has 2 aromatic rings. The van der Waals surface area contributed by atoms with E-state index in [0.29, 0.717) is 5.92 Å². The van der Waals surface area contributed by atoms with E-state index in [1.165, 1.54) is 10.4 Å². The van der Waals surface area contributed by atoms with Crippen LogP contribution in [0.25, 0.3) is 0 Å². The molecule has 1 aromatic heterocycles. The van der Waals surface area contributed by atoms with E-state index in [4.69, 9.17) is 9.84 Å². The van der Waals surface area contributed by atoms with Gasteiger partial charge in [-0.2, -0.15) is 5.10 Å². The lowest BCUT2D eigenvalue weighted by molar-refractivity contribution is -0.0461. The summed E-state index contributed by atoms with van der Waals surface area (Å²) in [4.78, 5) is 1.23. The minimum Gasteiger partial charge on any atom is -0.468 e. The first kappa shape index (κ1) is 15.7. The van der Waals surface area contributed by atoms with Crippen LogP contribution in [0.4, 0.5) is 0 Å². The highest BCUT2D eigenvalue weighted by atomic mass is 79.9. The summed E-state index contributed by atoms with van der Waals surface area (Å²) in [7, 11) is 0. The van der Waals surface area contributed by atoms with E-state index in [-0.39, 0.29) is 12.3 Å². The Morgan fingerprint density at radius 2 is 2.09 bits per heavy atom. The summed E-state index contributed by atoms with van der Waals surface area (Å²) in [5, 5.41) is 7.08. The van der Waals surface area contributed by atoms with Crippen molar-refractivity contribution >= 4 is 48.9 Å². The molecule has 0 spiro atoms. The second kappa shape index (κ2) is 5.90. The van der Waals surface area contributed by atoms with Gasteiger partial charge < -0.3 is 4.74 Å². The highest BCUT2D eigenvalue weighted by Crippen LogP contribution is 2.45. The first-order chi connectivity index (χ1) is 11.0. The molecule has 3 heterocycles. The zero-order valence-electron chi connectivity index (χ0n) is 12.8. The van der Waals surface area contributed by atoms with Crippen molar-refractivity contribution in [3.8, 4) is 5.75 Å². The fourth-order valence-electron chi connectivity index (χ4n) is 3.15. The maximum absolute atomic E-state index is 6.24. The largest absolute Gasteiger partial charge is 0.468 e. The van der Waals surface area contributed by atoms with Gasteiger partial charge in [-0.05, 0) is 46.3 Å². The number of nitrogens with zero attached hydrogens (tertiary/aromatic N) is 2. The Morgan fingerprint density at radius 1 is 1.26 bits per heavy atom. The van der Waals surface area contributed by atoms with E-state index < -0.39 is 0 Å². The molecule has 4 rings (SSSR count). The number of ether oxygens (including phenoxy) is 1. The monoisotopic (exact) mass is 454 g/mol. The topological polar surface area (TPSA) is 24.8 Å². The molecule has 2 aliphatic rings. The Bertz CT molecular complexity index is 787. The van der Waals surface area contributed by atoms with Crippen LogP contribution in [0.1, 0.15) is 36.8 Å². The molecular formula is C17H16Br2N2OS. The maximum Gasteiger partial charge on any atom is 0.190 e. The lowest BCUT2D eigenvalue weighted by atomic mass is 9.97. The van der Waals surface area contributed by atoms with Crippen molar-refractivity contribution in [3.63, 3.8) is 0 Å². The summed E-state index contributed by atoms with van der Waals surface area (Å²) in [6, 6.07) is 10.7. The van der Waals surface area contributed by atoms with Crippen molar-refractivity contribution in [2.24, 2.45) is 11.0 Å². The number of thiophene rings is 1. The van der Waals surface area contributed by atoms with Gasteiger partial charge in [-0.25, -0.2) is 5.01 Å². The molecule has 2 aliphatic heterocycles. The van der Waals surface area contributed by atoms with Crippen LogP contribution in [-0.2, 0) is 0 Å². The van der Waals surface area contributed by atoms with Gasteiger partial charge in [0.2, 0.25) is 0 Å². The van der Waals surface area contributed by atoms with Gasteiger partial charge in [0.05, 0.1) is 20.4 Å². The first-order valence-electron chi connectivity index (χ1n) is 7.60. The molecule has 0 unspecified atom stereocenters. The average Bonchev–Trinajstić information content (AvgIpc) is 3.12. The molecule has 3 nitrogen and oxygen atoms in total. The van der Waals surface area contributed by atoms with E-state index >= 15 is 0 Å². The SMILES string of the molecule is CC(C)[C@H]1Oc2ccc(Br)cc2[C@H]2CC(c3ccc(Br)s3)=NN21. The van der Waals surface area contributed by atoms with E-state index in [0.717, 1.165) is 26.1 Å². The molecule has 23 heavy (non-hydrogen) atoms. The fraction of sp³-hybridized carbons (Fsp3) is 0.353. The molecule has 1 aromatic carbocycles. The van der Waals surface area contributed by atoms with Gasteiger partial charge >= 0.3 is 0 Å². The van der Waals surface area contributed by atoms with Gasteiger partial charge in [-0.1, -0.05) is 29.8 Å². The highest BCUT2D eigenvalue weighted by molar-refractivity contribution is 9.11. The minimum absolute atomic E-state index is 0.0189. The van der Waals surface area contributed by atoms with Gasteiger partial charge in [-0.15, -0.1) is 11.3 Å². The lowest BCUT2D eigenvalue weighted by Gasteiger charge is -2.40. The number of hydrogen-bond acceptors (Lipinski definition) is 4. The lowest BCUT2D eigenvalue weighted by Crippen LogP contribution is -2.43. The molecule has 0 N–H and O–H groups in total. The number of hydrogen-bond donors (Lipinski definition) is 0. The van der Waals surface area contributed by atoms with Crippen molar-refractivity contribution in [1.29, 1.82) is 0 Å². The molecule has 0 amide bonds. The maximum atomic E-state index is 6.24. The smallest absolute Gasteiger partial charge is 0.190 e. The predicted octanol–water partition coefficient (Wildman–Crippen LogP) is 5.80. The second-order valence-corrected chi connectivity index (χ2v) is 9.56. The molecule has 0 aliphatic carbocycles. The quantitative estimate of drug-likeness (QED) is 0.571. The van der Waals surface area contributed by atoms with Crippen LogP contribution in [-0.4, -0.2) is 16.9 Å². The zero-order valence-corrected chi connectivity index (χ0v) is 16.8. The third-order valence-electron chi connectivity index (χ3n) is 4.21. The molecule has 0 fully saturated rings. The van der Waals surface area contributed by atoms with Crippen LogP contribution in [0.2, 0.25) is 0 Å². The summed E-state index contributed by atoms with van der Waals surface area (Å²) < 4.78 is 8.46. The molecular weight excluding hydrogens is 440 g/mol. The molecule has 0 bridgehead atoms. The first-order valence-corrected chi connectivity index (χ1v) is 10.0. The van der Waals surface area contributed by atoms with Crippen molar-refractivity contribution in [3.05, 3.63) is 49.0 Å². The summed E-state index contributed by atoms with van der Waals surface area (Å²) in [6.07, 6.45) is 0.901. The Hall–Kier alpha value is -0.850. The number of hydrazone groups is 1. The van der Waals surface area contributed by atoms with Crippen molar-refractivity contribution < 1.29 is 4.74 Å². The van der Waals surface area contributed by atoms with Crippen LogP contribution < -0.4 is 4.74 Å². The number of benzene rings is 1. The van der Waals surface area contributed by atoms with Gasteiger partial charge in [0, 0.05) is 22.4 Å². The van der Waals surface area contributed by atoms with Crippen molar-refractivity contribution in [2.45, 2.75) is 32.5 Å². The molecule has 2 atom stereocenters. The van der Waals surface area contributed by atoms with E-state index in [2.05, 4.69) is 75.0 Å². The molecule has 0 radical (unpaired) electrons. The number of halogens is 2. The van der Waals surface area contributed by atoms with E-state index in [1.54, 1.807) is 11.3 Å². The van der Waals surface area contributed by atoms with E-state index in [1.807, 2.05) is 6.07 Å². The van der Waals surface area contributed by atoms with Crippen molar-refractivity contribution in [2.75, 3.05) is 0 Å². The van der Waals surface area contributed by atoms with Crippen LogP contribution in [0.15, 0.2) is 43.7 Å². The van der Waals surface area contributed by atoms with Crippen LogP contribution in [0.5, 0.6) is 5.75 Å². The summed E-state index contributed by atoms with van der Waals surface area (Å²) in [6.45, 7) is 4.36. The van der Waals surface area contributed by atoms with Gasteiger partial charge in [0.1, 0.15) is 5.75 Å². The van der Waals surface area contributed by atoms with E-state index in [9.17, 15) is 0 Å². The van der Waals surface area contributed by atoms with Crippen LogP contribution >= 0.6 is 43.2 Å². The Balaban J connectivity index is 1.76. The number of rotatable bonds is 2. The van der Waals surface area contributed by atoms with Gasteiger partial charge in [0.25, 0.3) is 0 Å². The Morgan fingerprint density at radius 3 is 2.78 bits per heavy atom. The van der Waals surface area contributed by atoms with Crippen LogP contribution in [0.3, 0.4) is 0 Å². The average molecular weight is 456 g/mol. The Kier molecular flexibility index (Phi) is 4.02. The number of fused-ring (bicyclic) bond motifs is 3. The molecule has 6 heteroatoms. The van der Waals surface area contributed by atoms with Crippen molar-refractivity contribution in [1.82, 2.24) is 5.01 Å². The summed E-state index contributed by atoms with van der Waals surface area (Å²) in [5.74, 6) is 1.35. The highest BCUT2D eigenvalue weighted by Gasteiger charge is 2.41. The van der Waals surface area contributed by atoms with Gasteiger partial charge in [-0.3, -0.25) is 0 Å². The van der Waals surface area contributed by atoms with Crippen LogP contribution in [0, 0.1) is 5.92 Å². The molecule has 120 valence electrons. The molecule has 0 saturated heterocycles. The summed E-state index contributed by atoms with van der Waals surface area (Å²) >= 11 is 8.86. The minimum atomic E-state index is -0.0189.